The number of furan rings is 2. The maximum atomic E-state index is 12.8. The third kappa shape index (κ3) is 2.80. The number of nitrogens with one attached hydrogen (secondary N) is 1. The lowest BCUT2D eigenvalue weighted by atomic mass is 9.99. The summed E-state index contributed by atoms with van der Waals surface area (Å²) in [5, 5.41) is 2.36. The van der Waals surface area contributed by atoms with Gasteiger partial charge >= 0.3 is 6.03 Å². The zero-order valence-electron chi connectivity index (χ0n) is 14.8. The van der Waals surface area contributed by atoms with E-state index >= 15 is 0 Å². The van der Waals surface area contributed by atoms with Crippen LogP contribution in [0.25, 0.3) is 0 Å². The SMILES string of the molecule is Cc1ccc(C2(C)NC(=O)N(Cc3ccc(S(=O)(=O)N(C)C)o3)C2=O)o1. The van der Waals surface area contributed by atoms with E-state index in [4.69, 9.17) is 8.83 Å². The summed E-state index contributed by atoms with van der Waals surface area (Å²) < 4.78 is 35.9. The van der Waals surface area contributed by atoms with E-state index in [9.17, 15) is 18.0 Å². The molecule has 9 nitrogen and oxygen atoms in total. The largest absolute Gasteiger partial charge is 0.463 e. The van der Waals surface area contributed by atoms with E-state index in [0.717, 1.165) is 9.21 Å². The summed E-state index contributed by atoms with van der Waals surface area (Å²) in [6.45, 7) is 3.10. The lowest BCUT2D eigenvalue weighted by molar-refractivity contribution is -0.132. The first-order valence-electron chi connectivity index (χ1n) is 7.78. The fourth-order valence-electron chi connectivity index (χ4n) is 2.63. The van der Waals surface area contributed by atoms with Gasteiger partial charge in [-0.15, -0.1) is 0 Å². The molecule has 3 rings (SSSR count). The van der Waals surface area contributed by atoms with E-state index in [1.807, 2.05) is 0 Å². The predicted molar refractivity (Wildman–Crippen MR) is 89.5 cm³/mol. The molecule has 140 valence electrons. The summed E-state index contributed by atoms with van der Waals surface area (Å²) in [5.41, 5.74) is -1.32. The lowest BCUT2D eigenvalue weighted by Crippen LogP contribution is -2.40. The van der Waals surface area contributed by atoms with Gasteiger partial charge in [0, 0.05) is 14.1 Å². The van der Waals surface area contributed by atoms with Crippen molar-refractivity contribution in [3.8, 4) is 0 Å². The molecule has 1 fully saturated rings. The maximum absolute atomic E-state index is 12.8. The normalized spacial score (nSPS) is 20.9. The van der Waals surface area contributed by atoms with Gasteiger partial charge in [-0.25, -0.2) is 17.5 Å². The molecule has 0 radical (unpaired) electrons. The quantitative estimate of drug-likeness (QED) is 0.783. The molecule has 1 unspecified atom stereocenters. The number of carbonyl (C=O) groups excluding carboxylic acids is 2. The van der Waals surface area contributed by atoms with Crippen LogP contribution in [0.4, 0.5) is 4.79 Å². The van der Waals surface area contributed by atoms with Crippen LogP contribution in [0.15, 0.2) is 38.2 Å². The zero-order valence-corrected chi connectivity index (χ0v) is 15.6. The smallest absolute Gasteiger partial charge is 0.325 e. The molecule has 2 aromatic heterocycles. The molecule has 3 amide bonds. The number of nitrogens with zero attached hydrogens (tertiary/aromatic N) is 2. The summed E-state index contributed by atoms with van der Waals surface area (Å²) in [7, 11) is -0.971. The number of sulfonamides is 1. The van der Waals surface area contributed by atoms with Crippen molar-refractivity contribution >= 4 is 22.0 Å². The average Bonchev–Trinajstić information content (AvgIpc) is 3.24. The summed E-state index contributed by atoms with van der Waals surface area (Å²) >= 11 is 0. The van der Waals surface area contributed by atoms with Gasteiger partial charge in [0.1, 0.15) is 17.3 Å². The highest BCUT2D eigenvalue weighted by atomic mass is 32.2. The van der Waals surface area contributed by atoms with Crippen LogP contribution in [0, 0.1) is 6.92 Å². The van der Waals surface area contributed by atoms with Crippen LogP contribution >= 0.6 is 0 Å². The number of imide groups is 1. The third-order valence-electron chi connectivity index (χ3n) is 4.19. The van der Waals surface area contributed by atoms with Gasteiger partial charge in [0.25, 0.3) is 15.9 Å². The molecule has 1 aliphatic rings. The van der Waals surface area contributed by atoms with E-state index in [0.29, 0.717) is 11.5 Å². The van der Waals surface area contributed by atoms with Gasteiger partial charge in [-0.2, -0.15) is 0 Å². The number of rotatable bonds is 5. The highest BCUT2D eigenvalue weighted by molar-refractivity contribution is 7.88. The first-order chi connectivity index (χ1) is 12.1. The van der Waals surface area contributed by atoms with Gasteiger partial charge in [0.15, 0.2) is 5.54 Å². The molecule has 10 heteroatoms. The first kappa shape index (κ1) is 18.2. The molecule has 0 bridgehead atoms. The van der Waals surface area contributed by atoms with Gasteiger partial charge in [0.05, 0.1) is 6.54 Å². The van der Waals surface area contributed by atoms with Crippen LogP contribution in [-0.2, 0) is 26.9 Å². The van der Waals surface area contributed by atoms with Crippen LogP contribution in [-0.4, -0.2) is 43.7 Å². The van der Waals surface area contributed by atoms with Crippen molar-refractivity contribution in [1.29, 1.82) is 0 Å². The Kier molecular flexibility index (Phi) is 4.20. The van der Waals surface area contributed by atoms with Crippen molar-refractivity contribution < 1.29 is 26.8 Å². The fraction of sp³-hybridized carbons (Fsp3) is 0.375. The van der Waals surface area contributed by atoms with Gasteiger partial charge in [-0.1, -0.05) is 0 Å². The second-order valence-electron chi connectivity index (χ2n) is 6.36. The van der Waals surface area contributed by atoms with Crippen molar-refractivity contribution in [2.45, 2.75) is 31.0 Å². The summed E-state index contributed by atoms with van der Waals surface area (Å²) in [4.78, 5) is 26.0. The van der Waals surface area contributed by atoms with Crippen molar-refractivity contribution in [2.75, 3.05) is 14.1 Å². The van der Waals surface area contributed by atoms with Gasteiger partial charge < -0.3 is 14.2 Å². The number of hydrogen-bond acceptors (Lipinski definition) is 6. The number of amides is 3. The minimum Gasteiger partial charge on any atom is -0.463 e. The van der Waals surface area contributed by atoms with Crippen molar-refractivity contribution in [2.24, 2.45) is 0 Å². The average molecular weight is 381 g/mol. The molecular weight excluding hydrogens is 362 g/mol. The molecule has 1 aliphatic heterocycles. The molecule has 1 N–H and O–H groups in total. The first-order valence-corrected chi connectivity index (χ1v) is 9.22. The number of hydrogen-bond donors (Lipinski definition) is 1. The molecular formula is C16H19N3O6S. The van der Waals surface area contributed by atoms with Gasteiger partial charge in [-0.3, -0.25) is 9.69 Å². The Morgan fingerprint density at radius 1 is 1.15 bits per heavy atom. The van der Waals surface area contributed by atoms with Crippen molar-refractivity contribution in [3.63, 3.8) is 0 Å². The predicted octanol–water partition coefficient (Wildman–Crippen LogP) is 1.40. The van der Waals surface area contributed by atoms with Crippen LogP contribution in [0.5, 0.6) is 0 Å². The Balaban J connectivity index is 1.84. The highest BCUT2D eigenvalue weighted by Gasteiger charge is 2.51. The second-order valence-corrected chi connectivity index (χ2v) is 8.45. The van der Waals surface area contributed by atoms with E-state index < -0.39 is 27.5 Å². The van der Waals surface area contributed by atoms with Gasteiger partial charge in [0.2, 0.25) is 5.09 Å². The number of urea groups is 1. The molecule has 1 saturated heterocycles. The van der Waals surface area contributed by atoms with Crippen LogP contribution in [0.3, 0.4) is 0 Å². The summed E-state index contributed by atoms with van der Waals surface area (Å²) in [6, 6.07) is 5.43. The molecule has 0 saturated carbocycles. The standard InChI is InChI=1S/C16H19N3O6S/c1-10-5-7-12(24-10)16(2)14(20)19(15(21)17-16)9-11-6-8-13(25-11)26(22,23)18(3)4/h5-8H,9H2,1-4H3,(H,17,21). The number of carbonyl (C=O) groups is 2. The Labute approximate surface area is 150 Å². The summed E-state index contributed by atoms with van der Waals surface area (Å²) in [5.74, 6) is 0.608. The van der Waals surface area contributed by atoms with Crippen LogP contribution in [0.2, 0.25) is 0 Å². The van der Waals surface area contributed by atoms with Crippen LogP contribution < -0.4 is 5.32 Å². The Hall–Kier alpha value is -2.59. The Bertz CT molecular complexity index is 974. The van der Waals surface area contributed by atoms with Crippen LogP contribution in [0.1, 0.15) is 24.2 Å². The molecule has 3 heterocycles. The molecule has 0 aromatic carbocycles. The minimum atomic E-state index is -3.73. The number of aryl methyl sites for hydroxylation is 1. The van der Waals surface area contributed by atoms with E-state index in [2.05, 4.69) is 5.32 Å². The van der Waals surface area contributed by atoms with Gasteiger partial charge in [-0.05, 0) is 38.1 Å². The fourth-order valence-corrected chi connectivity index (χ4v) is 3.44. The highest BCUT2D eigenvalue weighted by Crippen LogP contribution is 2.31. The topological polar surface area (TPSA) is 113 Å². The molecule has 0 aliphatic carbocycles. The molecule has 26 heavy (non-hydrogen) atoms. The van der Waals surface area contributed by atoms with Crippen molar-refractivity contribution in [1.82, 2.24) is 14.5 Å². The minimum absolute atomic E-state index is 0.175. The molecule has 2 aromatic rings. The van der Waals surface area contributed by atoms with E-state index in [1.165, 1.54) is 26.2 Å². The second kappa shape index (κ2) is 5.99. The summed E-state index contributed by atoms with van der Waals surface area (Å²) in [6.07, 6.45) is 0. The monoisotopic (exact) mass is 381 g/mol. The molecule has 0 spiro atoms. The Morgan fingerprint density at radius 3 is 2.42 bits per heavy atom. The Morgan fingerprint density at radius 2 is 1.85 bits per heavy atom. The zero-order chi connectivity index (χ0) is 19.3. The van der Waals surface area contributed by atoms with E-state index in [-0.39, 0.29) is 17.4 Å². The molecule has 1 atom stereocenters. The van der Waals surface area contributed by atoms with E-state index in [1.54, 1.807) is 26.0 Å². The maximum Gasteiger partial charge on any atom is 0.325 e. The van der Waals surface area contributed by atoms with Crippen molar-refractivity contribution in [3.05, 3.63) is 41.5 Å². The lowest BCUT2D eigenvalue weighted by Gasteiger charge is -2.18. The third-order valence-corrected chi connectivity index (χ3v) is 5.88.